The van der Waals surface area contributed by atoms with Crippen LogP contribution in [-0.4, -0.2) is 22.9 Å². The van der Waals surface area contributed by atoms with Crippen LogP contribution in [0.3, 0.4) is 0 Å². The standard InChI is InChI=1S/C10H6F2N6O3S/c11-8-7(18-14)9(17-10(12)16-8)15-4-1-2-6(5(13)3-4)22(19,20)21/h1-3H,13H2,(H-,15,16,17,19,20,21)/p+1. The zero-order chi connectivity index (χ0) is 16.5. The number of anilines is 3. The molecule has 0 bridgehead atoms. The maximum Gasteiger partial charge on any atom is 0.481 e. The fraction of sp³-hybridized carbons (Fsp3) is 0. The molecule has 0 fully saturated rings. The molecule has 0 saturated carbocycles. The number of diazo groups is 1. The van der Waals surface area contributed by atoms with Gasteiger partial charge in [-0.25, -0.2) is 0 Å². The Balaban J connectivity index is 2.45. The number of aromatic nitrogens is 2. The van der Waals surface area contributed by atoms with E-state index in [1.54, 1.807) is 0 Å². The van der Waals surface area contributed by atoms with Gasteiger partial charge in [-0.2, -0.15) is 27.2 Å². The van der Waals surface area contributed by atoms with Gasteiger partial charge in [0, 0.05) is 5.69 Å². The van der Waals surface area contributed by atoms with Gasteiger partial charge in [0.15, 0.2) is 4.98 Å². The monoisotopic (exact) mass is 329 g/mol. The lowest BCUT2D eigenvalue weighted by molar-refractivity contribution is 0.483. The molecule has 1 aromatic carbocycles. The molecule has 2 rings (SSSR count). The molecule has 0 aliphatic heterocycles. The molecule has 0 aliphatic carbocycles. The van der Waals surface area contributed by atoms with Gasteiger partial charge < -0.3 is 11.1 Å². The third kappa shape index (κ3) is 3.05. The lowest BCUT2D eigenvalue weighted by atomic mass is 10.3. The maximum absolute atomic E-state index is 13.3. The van der Waals surface area contributed by atoms with E-state index in [0.29, 0.717) is 0 Å². The van der Waals surface area contributed by atoms with Crippen molar-refractivity contribution in [2.24, 2.45) is 0 Å². The quantitative estimate of drug-likeness (QED) is 0.254. The summed E-state index contributed by atoms with van der Waals surface area (Å²) in [5.74, 6) is -1.91. The van der Waals surface area contributed by atoms with Crippen LogP contribution in [0.1, 0.15) is 0 Å². The van der Waals surface area contributed by atoms with Crippen LogP contribution in [-0.2, 0) is 10.1 Å². The molecule has 1 aromatic heterocycles. The number of rotatable bonds is 3. The third-order valence-electron chi connectivity index (χ3n) is 2.46. The molecule has 9 nitrogen and oxygen atoms in total. The van der Waals surface area contributed by atoms with Gasteiger partial charge >= 0.3 is 17.7 Å². The summed E-state index contributed by atoms with van der Waals surface area (Å²) in [6.07, 6.45) is -1.41. The summed E-state index contributed by atoms with van der Waals surface area (Å²) in [5, 5.41) is 11.1. The Morgan fingerprint density at radius 3 is 2.55 bits per heavy atom. The summed E-state index contributed by atoms with van der Waals surface area (Å²) in [5.41, 5.74) is 4.47. The van der Waals surface area contributed by atoms with Crippen molar-refractivity contribution >= 4 is 33.0 Å². The highest BCUT2D eigenvalue weighted by atomic mass is 32.2. The molecule has 1 heterocycles. The van der Waals surface area contributed by atoms with E-state index in [1.807, 2.05) is 0 Å². The first kappa shape index (κ1) is 15.5. The lowest BCUT2D eigenvalue weighted by Crippen LogP contribution is -2.05. The summed E-state index contributed by atoms with van der Waals surface area (Å²) in [7, 11) is -4.51. The van der Waals surface area contributed by atoms with Crippen LogP contribution in [0.15, 0.2) is 23.1 Å². The Morgan fingerprint density at radius 1 is 1.32 bits per heavy atom. The van der Waals surface area contributed by atoms with Gasteiger partial charge in [0.2, 0.25) is 11.2 Å². The van der Waals surface area contributed by atoms with E-state index in [-0.39, 0.29) is 11.4 Å². The molecule has 12 heteroatoms. The minimum atomic E-state index is -4.51. The van der Waals surface area contributed by atoms with E-state index >= 15 is 0 Å². The number of nitrogens with one attached hydrogen (secondary N) is 1. The lowest BCUT2D eigenvalue weighted by Gasteiger charge is -2.07. The second kappa shape index (κ2) is 5.47. The van der Waals surface area contributed by atoms with Crippen LogP contribution in [0.5, 0.6) is 0 Å². The maximum atomic E-state index is 13.3. The van der Waals surface area contributed by atoms with Crippen LogP contribution >= 0.6 is 0 Å². The van der Waals surface area contributed by atoms with E-state index in [0.717, 1.165) is 18.2 Å². The minimum absolute atomic E-state index is 0.0762. The molecule has 0 spiro atoms. The van der Waals surface area contributed by atoms with Crippen molar-refractivity contribution in [1.82, 2.24) is 9.97 Å². The number of hydrogen-bond donors (Lipinski definition) is 3. The summed E-state index contributed by atoms with van der Waals surface area (Å²) in [6.45, 7) is 0. The Hall–Kier alpha value is -2.91. The Bertz CT molecular complexity index is 896. The Morgan fingerprint density at radius 2 is 2.00 bits per heavy atom. The summed E-state index contributed by atoms with van der Waals surface area (Å²) >= 11 is 0. The minimum Gasteiger partial charge on any atom is -0.398 e. The van der Waals surface area contributed by atoms with Gasteiger partial charge in [0.05, 0.1) is 5.69 Å². The molecule has 114 valence electrons. The first-order valence-electron chi connectivity index (χ1n) is 5.44. The van der Waals surface area contributed by atoms with Crippen molar-refractivity contribution in [3.63, 3.8) is 0 Å². The van der Waals surface area contributed by atoms with E-state index in [4.69, 9.17) is 15.7 Å². The molecule has 0 aliphatic rings. The smallest absolute Gasteiger partial charge is 0.398 e. The Kier molecular flexibility index (Phi) is 3.85. The SMILES string of the molecule is N#[N+]c1c(F)nc(F)nc1Nc1ccc(S(=O)(=O)O)c(N)c1. The topological polar surface area (TPSA) is 146 Å². The van der Waals surface area contributed by atoms with E-state index in [9.17, 15) is 17.2 Å². The highest BCUT2D eigenvalue weighted by Crippen LogP contribution is 2.30. The Labute approximate surface area is 122 Å². The molecule has 4 N–H and O–H groups in total. The number of nitrogen functional groups attached to an aromatic ring is 1. The van der Waals surface area contributed by atoms with Crippen LogP contribution in [0, 0.1) is 17.4 Å². The van der Waals surface area contributed by atoms with Crippen molar-refractivity contribution in [3.8, 4) is 0 Å². The average Bonchev–Trinajstić information content (AvgIpc) is 2.36. The highest BCUT2D eigenvalue weighted by Gasteiger charge is 2.26. The predicted molar refractivity (Wildman–Crippen MR) is 70.6 cm³/mol. The zero-order valence-corrected chi connectivity index (χ0v) is 11.3. The molecular formula is C10H7F2N6O3S+. The van der Waals surface area contributed by atoms with E-state index in [1.165, 1.54) is 0 Å². The summed E-state index contributed by atoms with van der Waals surface area (Å²) < 4.78 is 57.2. The fourth-order valence-electron chi connectivity index (χ4n) is 1.58. The van der Waals surface area contributed by atoms with Crippen LogP contribution in [0.25, 0.3) is 4.98 Å². The van der Waals surface area contributed by atoms with Crippen molar-refractivity contribution in [1.29, 1.82) is 5.39 Å². The van der Waals surface area contributed by atoms with Gasteiger partial charge in [-0.3, -0.25) is 4.55 Å². The number of halogens is 2. The number of nitrogens with two attached hydrogens (primary N) is 1. The van der Waals surface area contributed by atoms with Gasteiger partial charge in [-0.1, -0.05) is 0 Å². The molecule has 0 atom stereocenters. The third-order valence-corrected chi connectivity index (χ3v) is 3.39. The highest BCUT2D eigenvalue weighted by molar-refractivity contribution is 7.86. The predicted octanol–water partition coefficient (Wildman–Crippen LogP) is 1.81. The van der Waals surface area contributed by atoms with Crippen LogP contribution in [0.2, 0.25) is 0 Å². The molecular weight excluding hydrogens is 322 g/mol. The number of benzene rings is 1. The first-order valence-corrected chi connectivity index (χ1v) is 6.88. The first-order chi connectivity index (χ1) is 10.2. The van der Waals surface area contributed by atoms with Crippen molar-refractivity contribution in [2.75, 3.05) is 11.1 Å². The fourth-order valence-corrected chi connectivity index (χ4v) is 2.17. The van der Waals surface area contributed by atoms with Crippen molar-refractivity contribution < 1.29 is 21.8 Å². The molecule has 0 unspecified atom stereocenters. The molecule has 0 saturated heterocycles. The van der Waals surface area contributed by atoms with Gasteiger partial charge in [-0.15, -0.1) is 0 Å². The summed E-state index contributed by atoms with van der Waals surface area (Å²) in [6, 6.07) is 3.19. The molecule has 22 heavy (non-hydrogen) atoms. The molecule has 0 radical (unpaired) electrons. The van der Waals surface area contributed by atoms with Gasteiger partial charge in [-0.05, 0) is 18.2 Å². The average molecular weight is 329 g/mol. The van der Waals surface area contributed by atoms with Crippen molar-refractivity contribution in [2.45, 2.75) is 4.90 Å². The van der Waals surface area contributed by atoms with E-state index < -0.39 is 38.5 Å². The second-order valence-corrected chi connectivity index (χ2v) is 5.32. The molecule has 2 aromatic rings. The van der Waals surface area contributed by atoms with Gasteiger partial charge in [0.25, 0.3) is 10.1 Å². The normalized spacial score (nSPS) is 11.0. The second-order valence-electron chi connectivity index (χ2n) is 3.93. The number of nitrogens with zero attached hydrogens (tertiary/aromatic N) is 4. The van der Waals surface area contributed by atoms with Crippen LogP contribution < -0.4 is 11.1 Å². The largest absolute Gasteiger partial charge is 0.481 e. The van der Waals surface area contributed by atoms with Crippen molar-refractivity contribution in [3.05, 3.63) is 35.2 Å². The van der Waals surface area contributed by atoms with E-state index in [2.05, 4.69) is 20.3 Å². The number of hydrogen-bond acceptors (Lipinski definition) is 7. The van der Waals surface area contributed by atoms with Crippen LogP contribution in [0.4, 0.5) is 31.7 Å². The molecule has 0 amide bonds. The van der Waals surface area contributed by atoms with Gasteiger partial charge in [0.1, 0.15) is 4.90 Å². The zero-order valence-electron chi connectivity index (χ0n) is 10.5. The summed E-state index contributed by atoms with van der Waals surface area (Å²) in [4.78, 5) is 8.00.